The average Bonchev–Trinajstić information content (AvgIpc) is 3.18. The highest BCUT2D eigenvalue weighted by Crippen LogP contribution is 2.35. The quantitative estimate of drug-likeness (QED) is 0.0988. The van der Waals surface area contributed by atoms with E-state index in [1.165, 1.54) is 18.7 Å². The van der Waals surface area contributed by atoms with Gasteiger partial charge in [0.1, 0.15) is 16.8 Å². The molecule has 3 saturated heterocycles. The van der Waals surface area contributed by atoms with Gasteiger partial charge in [0.05, 0.1) is 37.3 Å². The van der Waals surface area contributed by atoms with Gasteiger partial charge in [0.15, 0.2) is 11.6 Å². The summed E-state index contributed by atoms with van der Waals surface area (Å²) in [4.78, 5) is 64.2. The monoisotopic (exact) mass is 779 g/mol. The van der Waals surface area contributed by atoms with Crippen LogP contribution in [0.4, 0.5) is 34.5 Å². The lowest BCUT2D eigenvalue weighted by Crippen LogP contribution is -2.61. The molecule has 0 saturated carbocycles. The van der Waals surface area contributed by atoms with Gasteiger partial charge in [0.2, 0.25) is 23.7 Å². The van der Waals surface area contributed by atoms with Crippen LogP contribution in [0.3, 0.4) is 0 Å². The molecule has 1 unspecified atom stereocenters. The number of carbonyl (C=O) groups is 4. The van der Waals surface area contributed by atoms with E-state index in [-0.39, 0.29) is 29.5 Å². The highest BCUT2D eigenvalue weighted by molar-refractivity contribution is 6.33. The molecule has 0 bridgehead atoms. The lowest BCUT2D eigenvalue weighted by molar-refractivity contribution is -0.134. The number of nitrogens with one attached hydrogen (secondary N) is 4. The van der Waals surface area contributed by atoms with E-state index in [4.69, 9.17) is 16.3 Å². The smallest absolute Gasteiger partial charge is 0.249 e. The number of nitrogens with zero attached hydrogens (tertiary/aromatic N) is 5. The van der Waals surface area contributed by atoms with Crippen molar-refractivity contribution in [3.63, 3.8) is 0 Å². The maximum absolute atomic E-state index is 13.3. The van der Waals surface area contributed by atoms with Crippen molar-refractivity contribution in [1.82, 2.24) is 25.1 Å². The number of para-hydroxylation sites is 1. The van der Waals surface area contributed by atoms with E-state index in [2.05, 4.69) is 53.2 Å². The molecule has 0 spiro atoms. The fourth-order valence-corrected chi connectivity index (χ4v) is 7.51. The van der Waals surface area contributed by atoms with E-state index in [0.29, 0.717) is 77.9 Å². The number of aromatic nitrogens is 2. The Balaban J connectivity index is 0.873. The van der Waals surface area contributed by atoms with Gasteiger partial charge in [-0.25, -0.2) is 4.98 Å². The minimum atomic E-state index is -0.402. The lowest BCUT2D eigenvalue weighted by atomic mass is 9.89. The molecule has 3 amide bonds. The Morgan fingerprint density at radius 1 is 0.982 bits per heavy atom. The van der Waals surface area contributed by atoms with E-state index < -0.39 is 6.04 Å². The third kappa shape index (κ3) is 8.87. The highest BCUT2D eigenvalue weighted by Gasteiger charge is 2.34. The number of amides is 3. The SMILES string of the molecule is COc1cc(N2CC(N(C)C(=O)CN3CCC(c4ccc(NC5CCC(=O)NC5=O)cc4)CC3)C2)ccc1Nc1ncc(Cl)c(Nc2ccccc2C(C)=O)n1. The molecular formula is C41H46ClN9O5. The minimum absolute atomic E-state index is 0.0785. The normalized spacial score (nSPS) is 17.8. The first-order chi connectivity index (χ1) is 27.0. The van der Waals surface area contributed by atoms with Crippen molar-refractivity contribution in [3.05, 3.63) is 89.1 Å². The van der Waals surface area contributed by atoms with Gasteiger partial charge in [-0.1, -0.05) is 35.9 Å². The highest BCUT2D eigenvalue weighted by atomic mass is 35.5. The van der Waals surface area contributed by atoms with E-state index in [1.807, 2.05) is 48.3 Å². The Kier molecular flexibility index (Phi) is 11.7. The summed E-state index contributed by atoms with van der Waals surface area (Å²) in [5.74, 6) is 1.21. The molecule has 4 aromatic rings. The molecule has 15 heteroatoms. The van der Waals surface area contributed by atoms with Crippen LogP contribution in [0.5, 0.6) is 5.75 Å². The molecule has 3 aromatic carbocycles. The number of ketones is 1. The average molecular weight is 780 g/mol. The van der Waals surface area contributed by atoms with Crippen LogP contribution in [0.25, 0.3) is 0 Å². The van der Waals surface area contributed by atoms with Crippen molar-refractivity contribution >= 4 is 69.6 Å². The molecule has 3 aliphatic rings. The molecule has 292 valence electrons. The van der Waals surface area contributed by atoms with Crippen molar-refractivity contribution in [2.75, 3.05) is 67.7 Å². The van der Waals surface area contributed by atoms with Gasteiger partial charge in [0, 0.05) is 49.6 Å². The molecule has 4 N–H and O–H groups in total. The predicted octanol–water partition coefficient (Wildman–Crippen LogP) is 5.57. The van der Waals surface area contributed by atoms with Crippen molar-refractivity contribution < 1.29 is 23.9 Å². The molecule has 3 fully saturated rings. The molecule has 1 atom stereocenters. The number of carbonyl (C=O) groups excluding carboxylic acids is 4. The molecule has 56 heavy (non-hydrogen) atoms. The van der Waals surface area contributed by atoms with Gasteiger partial charge in [-0.3, -0.25) is 29.4 Å². The number of halogens is 1. The number of benzene rings is 3. The Hall–Kier alpha value is -5.73. The minimum Gasteiger partial charge on any atom is -0.494 e. The number of anilines is 6. The lowest BCUT2D eigenvalue weighted by Gasteiger charge is -2.46. The summed E-state index contributed by atoms with van der Waals surface area (Å²) in [5.41, 5.74) is 4.88. The predicted molar refractivity (Wildman–Crippen MR) is 216 cm³/mol. The third-order valence-electron chi connectivity index (χ3n) is 10.8. The Morgan fingerprint density at radius 3 is 2.45 bits per heavy atom. The van der Waals surface area contributed by atoms with Crippen LogP contribution in [-0.2, 0) is 14.4 Å². The molecule has 7 rings (SSSR count). The van der Waals surface area contributed by atoms with Gasteiger partial charge in [-0.2, -0.15) is 4.98 Å². The fraction of sp³-hybridized carbons (Fsp3) is 0.366. The largest absolute Gasteiger partial charge is 0.494 e. The number of rotatable bonds is 13. The van der Waals surface area contributed by atoms with Crippen molar-refractivity contribution in [1.29, 1.82) is 0 Å². The molecule has 3 aliphatic heterocycles. The van der Waals surface area contributed by atoms with E-state index in [0.717, 1.165) is 37.3 Å². The number of likely N-dealkylation sites (tertiary alicyclic amines) is 1. The number of imide groups is 1. The molecule has 14 nitrogen and oxygen atoms in total. The van der Waals surface area contributed by atoms with E-state index in [9.17, 15) is 19.2 Å². The van der Waals surface area contributed by atoms with Crippen LogP contribution < -0.4 is 30.9 Å². The maximum atomic E-state index is 13.3. The number of hydrogen-bond acceptors (Lipinski definition) is 12. The second-order valence-corrected chi connectivity index (χ2v) is 14.9. The second-order valence-electron chi connectivity index (χ2n) is 14.5. The summed E-state index contributed by atoms with van der Waals surface area (Å²) >= 11 is 6.40. The topological polar surface area (TPSA) is 161 Å². The molecular weight excluding hydrogens is 734 g/mol. The zero-order chi connectivity index (χ0) is 39.3. The number of ether oxygens (including phenoxy) is 1. The van der Waals surface area contributed by atoms with Crippen LogP contribution in [-0.4, -0.2) is 102 Å². The molecule has 0 radical (unpaired) electrons. The van der Waals surface area contributed by atoms with Crippen molar-refractivity contribution in [2.24, 2.45) is 0 Å². The van der Waals surface area contributed by atoms with E-state index >= 15 is 0 Å². The van der Waals surface area contributed by atoms with Crippen molar-refractivity contribution in [2.45, 2.75) is 50.6 Å². The first-order valence-corrected chi connectivity index (χ1v) is 19.2. The third-order valence-corrected chi connectivity index (χ3v) is 11.1. The van der Waals surface area contributed by atoms with Gasteiger partial charge < -0.3 is 30.5 Å². The number of hydrogen-bond donors (Lipinski definition) is 4. The zero-order valence-electron chi connectivity index (χ0n) is 31.7. The van der Waals surface area contributed by atoms with Crippen LogP contribution in [0, 0.1) is 0 Å². The maximum Gasteiger partial charge on any atom is 0.249 e. The number of piperidine rings is 2. The van der Waals surface area contributed by atoms with Crippen LogP contribution in [0.2, 0.25) is 5.02 Å². The summed E-state index contributed by atoms with van der Waals surface area (Å²) in [7, 11) is 3.50. The van der Waals surface area contributed by atoms with Gasteiger partial charge in [-0.15, -0.1) is 0 Å². The zero-order valence-corrected chi connectivity index (χ0v) is 32.4. The first-order valence-electron chi connectivity index (χ1n) is 18.8. The first kappa shape index (κ1) is 38.5. The fourth-order valence-electron chi connectivity index (χ4n) is 7.37. The van der Waals surface area contributed by atoms with Gasteiger partial charge >= 0.3 is 0 Å². The van der Waals surface area contributed by atoms with Crippen LogP contribution >= 0.6 is 11.6 Å². The van der Waals surface area contributed by atoms with Crippen LogP contribution in [0.15, 0.2) is 72.9 Å². The number of likely N-dealkylation sites (N-methyl/N-ethyl adjacent to an activating group) is 1. The summed E-state index contributed by atoms with van der Waals surface area (Å²) in [6, 6.07) is 20.9. The van der Waals surface area contributed by atoms with Gasteiger partial charge in [0.25, 0.3) is 0 Å². The Morgan fingerprint density at radius 2 is 1.73 bits per heavy atom. The summed E-state index contributed by atoms with van der Waals surface area (Å²) in [6.45, 7) is 5.04. The number of methoxy groups -OCH3 is 1. The summed E-state index contributed by atoms with van der Waals surface area (Å²) < 4.78 is 5.72. The summed E-state index contributed by atoms with van der Waals surface area (Å²) in [5, 5.41) is 12.3. The van der Waals surface area contributed by atoms with E-state index in [1.54, 1.807) is 25.3 Å². The second kappa shape index (κ2) is 17.0. The Labute approximate surface area is 331 Å². The van der Waals surface area contributed by atoms with Crippen LogP contribution in [0.1, 0.15) is 54.4 Å². The summed E-state index contributed by atoms with van der Waals surface area (Å²) in [6.07, 6.45) is 4.26. The standard InChI is InChI=1S/C41H46ClN9O5/c1-25(52)31-6-4-5-7-33(31)45-39-32(42)21-43-41(48-39)46-34-13-12-29(20-36(34)56-3)51-22-30(23-51)49(2)38(54)24-50-18-16-27(17-19-50)26-8-10-28(11-9-26)44-35-14-15-37(53)47-40(35)55/h4-13,20-21,27,30,35,44H,14-19,22-24H2,1-3H3,(H,47,53,55)(H2,43,45,46,48). The number of Topliss-reactive ketones (excluding diaryl/α,β-unsaturated/α-hetero) is 1. The molecule has 0 aliphatic carbocycles. The molecule has 4 heterocycles. The van der Waals surface area contributed by atoms with Crippen molar-refractivity contribution in [3.8, 4) is 5.75 Å². The van der Waals surface area contributed by atoms with Gasteiger partial charge in [-0.05, 0) is 87.2 Å². The Bertz CT molecular complexity index is 2100. The molecule has 1 aromatic heterocycles.